The fourth-order valence-electron chi connectivity index (χ4n) is 2.08. The van der Waals surface area contributed by atoms with Crippen molar-refractivity contribution in [3.8, 4) is 0 Å². The molecular formula is C18H31F2NO2Si. The molecular weight excluding hydrogens is 328 g/mol. The third kappa shape index (κ3) is 6.97. The molecule has 0 aromatic heterocycles. The lowest BCUT2D eigenvalue weighted by Gasteiger charge is -2.37. The van der Waals surface area contributed by atoms with Gasteiger partial charge in [0.1, 0.15) is 6.61 Å². The van der Waals surface area contributed by atoms with Crippen LogP contribution in [0, 0.1) is 0 Å². The van der Waals surface area contributed by atoms with Gasteiger partial charge in [-0.1, -0.05) is 51.1 Å². The first kappa shape index (κ1) is 21.2. The van der Waals surface area contributed by atoms with Crippen LogP contribution in [0.4, 0.5) is 8.78 Å². The van der Waals surface area contributed by atoms with E-state index in [0.717, 1.165) is 5.56 Å². The van der Waals surface area contributed by atoms with E-state index in [-0.39, 0.29) is 5.04 Å². The SMILES string of the molecule is CC(C)(C)[Si](C)(C)OCCN(Cc1ccccc1)CC(F)(F)CO. The number of hydrogen-bond donors (Lipinski definition) is 1. The third-order valence-corrected chi connectivity index (χ3v) is 9.15. The number of nitrogens with zero attached hydrogens (tertiary/aromatic N) is 1. The smallest absolute Gasteiger partial charge is 0.283 e. The molecule has 0 aliphatic carbocycles. The molecule has 1 aromatic carbocycles. The van der Waals surface area contributed by atoms with Crippen LogP contribution in [0.5, 0.6) is 0 Å². The summed E-state index contributed by atoms with van der Waals surface area (Å²) in [5.74, 6) is -3.11. The maximum absolute atomic E-state index is 13.6. The highest BCUT2D eigenvalue weighted by molar-refractivity contribution is 6.74. The highest BCUT2D eigenvalue weighted by Gasteiger charge is 2.37. The normalized spacial score (nSPS) is 13.5. The second-order valence-electron chi connectivity index (χ2n) is 7.82. The Balaban J connectivity index is 2.68. The van der Waals surface area contributed by atoms with Crippen molar-refractivity contribution < 1.29 is 18.3 Å². The molecule has 1 N–H and O–H groups in total. The first-order chi connectivity index (χ1) is 11.0. The van der Waals surface area contributed by atoms with Crippen LogP contribution in [-0.4, -0.2) is 50.5 Å². The van der Waals surface area contributed by atoms with Crippen LogP contribution < -0.4 is 0 Å². The molecule has 138 valence electrons. The monoisotopic (exact) mass is 359 g/mol. The van der Waals surface area contributed by atoms with E-state index < -0.39 is 27.4 Å². The van der Waals surface area contributed by atoms with Crippen LogP contribution in [0.1, 0.15) is 26.3 Å². The standard InChI is InChI=1S/C18H31F2NO2Si/c1-17(2,3)24(4,5)23-12-11-21(14-18(19,20)15-22)13-16-9-7-6-8-10-16/h6-10,22H,11-15H2,1-5H3. The Morgan fingerprint density at radius 3 is 2.21 bits per heavy atom. The minimum absolute atomic E-state index is 0.0896. The number of hydrogen-bond acceptors (Lipinski definition) is 3. The van der Waals surface area contributed by atoms with E-state index in [4.69, 9.17) is 9.53 Å². The summed E-state index contributed by atoms with van der Waals surface area (Å²) in [5, 5.41) is 8.96. The summed E-state index contributed by atoms with van der Waals surface area (Å²) in [6.07, 6.45) is 0. The molecule has 3 nitrogen and oxygen atoms in total. The average Bonchev–Trinajstić information content (AvgIpc) is 2.46. The van der Waals surface area contributed by atoms with Gasteiger partial charge in [-0.05, 0) is 23.7 Å². The van der Waals surface area contributed by atoms with Gasteiger partial charge in [0.15, 0.2) is 8.32 Å². The zero-order chi connectivity index (χ0) is 18.4. The van der Waals surface area contributed by atoms with E-state index in [2.05, 4.69) is 33.9 Å². The first-order valence-electron chi connectivity index (χ1n) is 8.36. The highest BCUT2D eigenvalue weighted by Crippen LogP contribution is 2.36. The van der Waals surface area contributed by atoms with E-state index in [1.54, 1.807) is 4.90 Å². The van der Waals surface area contributed by atoms with Crippen molar-refractivity contribution in [1.29, 1.82) is 0 Å². The Bertz CT molecular complexity index is 490. The maximum Gasteiger partial charge on any atom is 0.283 e. The van der Waals surface area contributed by atoms with Gasteiger partial charge < -0.3 is 9.53 Å². The number of aliphatic hydroxyl groups excluding tert-OH is 1. The van der Waals surface area contributed by atoms with Crippen molar-refractivity contribution in [2.24, 2.45) is 0 Å². The summed E-state index contributed by atoms with van der Waals surface area (Å²) in [7, 11) is -1.89. The minimum Gasteiger partial charge on any atom is -0.416 e. The van der Waals surface area contributed by atoms with E-state index in [9.17, 15) is 8.78 Å². The summed E-state index contributed by atoms with van der Waals surface area (Å²) in [6.45, 7) is 10.4. The molecule has 0 saturated carbocycles. The van der Waals surface area contributed by atoms with Crippen molar-refractivity contribution in [2.45, 2.75) is 51.4 Å². The largest absolute Gasteiger partial charge is 0.416 e. The zero-order valence-electron chi connectivity index (χ0n) is 15.5. The Hall–Kier alpha value is -0.823. The maximum atomic E-state index is 13.6. The van der Waals surface area contributed by atoms with Gasteiger partial charge in [0.05, 0.1) is 6.54 Å². The third-order valence-electron chi connectivity index (χ3n) is 4.61. The molecule has 0 aliphatic heterocycles. The molecule has 0 aliphatic rings. The van der Waals surface area contributed by atoms with Crippen molar-refractivity contribution in [3.05, 3.63) is 35.9 Å². The van der Waals surface area contributed by atoms with Crippen molar-refractivity contribution in [1.82, 2.24) is 4.90 Å². The lowest BCUT2D eigenvalue weighted by atomic mass is 10.2. The highest BCUT2D eigenvalue weighted by atomic mass is 28.4. The first-order valence-corrected chi connectivity index (χ1v) is 11.3. The Kier molecular flexibility index (Phi) is 7.53. The number of alkyl halides is 2. The summed E-state index contributed by atoms with van der Waals surface area (Å²) < 4.78 is 33.4. The van der Waals surface area contributed by atoms with Crippen LogP contribution in [0.15, 0.2) is 30.3 Å². The van der Waals surface area contributed by atoms with Crippen molar-refractivity contribution in [2.75, 3.05) is 26.3 Å². The molecule has 0 heterocycles. The number of halogens is 2. The van der Waals surface area contributed by atoms with E-state index in [1.165, 1.54) is 0 Å². The molecule has 1 aromatic rings. The lowest BCUT2D eigenvalue weighted by Crippen LogP contribution is -2.44. The van der Waals surface area contributed by atoms with Gasteiger partial charge in [0, 0.05) is 19.7 Å². The second-order valence-corrected chi connectivity index (χ2v) is 12.6. The van der Waals surface area contributed by atoms with Crippen molar-refractivity contribution >= 4 is 8.32 Å². The Morgan fingerprint density at radius 2 is 1.71 bits per heavy atom. The topological polar surface area (TPSA) is 32.7 Å². The predicted octanol–water partition coefficient (Wildman–Crippen LogP) is 4.14. The number of benzene rings is 1. The van der Waals surface area contributed by atoms with Crippen LogP contribution >= 0.6 is 0 Å². The molecule has 6 heteroatoms. The van der Waals surface area contributed by atoms with Gasteiger partial charge in [-0.3, -0.25) is 4.90 Å². The quantitative estimate of drug-likeness (QED) is 0.673. The van der Waals surface area contributed by atoms with Gasteiger partial charge >= 0.3 is 0 Å². The van der Waals surface area contributed by atoms with Gasteiger partial charge in [-0.15, -0.1) is 0 Å². The van der Waals surface area contributed by atoms with Crippen LogP contribution in [0.2, 0.25) is 18.1 Å². The molecule has 0 bridgehead atoms. The Morgan fingerprint density at radius 1 is 1.12 bits per heavy atom. The van der Waals surface area contributed by atoms with E-state index >= 15 is 0 Å². The van der Waals surface area contributed by atoms with Gasteiger partial charge in [0.2, 0.25) is 0 Å². The molecule has 0 saturated heterocycles. The summed E-state index contributed by atoms with van der Waals surface area (Å²) in [5.41, 5.74) is 0.971. The molecule has 0 unspecified atom stereocenters. The molecule has 0 spiro atoms. The zero-order valence-corrected chi connectivity index (χ0v) is 16.5. The molecule has 0 amide bonds. The fraction of sp³-hybridized carbons (Fsp3) is 0.667. The molecule has 0 radical (unpaired) electrons. The molecule has 0 atom stereocenters. The predicted molar refractivity (Wildman–Crippen MR) is 96.9 cm³/mol. The fourth-order valence-corrected chi connectivity index (χ4v) is 3.11. The van der Waals surface area contributed by atoms with Crippen LogP contribution in [0.3, 0.4) is 0 Å². The van der Waals surface area contributed by atoms with Gasteiger partial charge in [-0.2, -0.15) is 0 Å². The minimum atomic E-state index is -3.11. The summed E-state index contributed by atoms with van der Waals surface area (Å²) in [4.78, 5) is 1.65. The molecule has 0 fully saturated rings. The molecule has 24 heavy (non-hydrogen) atoms. The molecule has 1 rings (SSSR count). The van der Waals surface area contributed by atoms with Crippen molar-refractivity contribution in [3.63, 3.8) is 0 Å². The van der Waals surface area contributed by atoms with Crippen LogP contribution in [-0.2, 0) is 11.0 Å². The van der Waals surface area contributed by atoms with Gasteiger partial charge in [-0.25, -0.2) is 8.78 Å². The summed E-state index contributed by atoms with van der Waals surface area (Å²) in [6, 6.07) is 9.52. The number of aliphatic hydroxyl groups is 1. The van der Waals surface area contributed by atoms with E-state index in [1.807, 2.05) is 30.3 Å². The second kappa shape index (κ2) is 8.51. The number of rotatable bonds is 9. The van der Waals surface area contributed by atoms with Crippen LogP contribution in [0.25, 0.3) is 0 Å². The Labute approximate surface area is 145 Å². The average molecular weight is 360 g/mol. The lowest BCUT2D eigenvalue weighted by molar-refractivity contribution is -0.0756. The summed E-state index contributed by atoms with van der Waals surface area (Å²) >= 11 is 0. The van der Waals surface area contributed by atoms with Gasteiger partial charge in [0.25, 0.3) is 5.92 Å². The van der Waals surface area contributed by atoms with E-state index in [0.29, 0.717) is 19.7 Å².